The van der Waals surface area contributed by atoms with Crippen molar-refractivity contribution >= 4 is 51.4 Å². The Hall–Kier alpha value is -1.72. The molecule has 1 saturated heterocycles. The van der Waals surface area contributed by atoms with Gasteiger partial charge in [-0.15, -0.1) is 0 Å². The fourth-order valence-corrected chi connectivity index (χ4v) is 4.66. The van der Waals surface area contributed by atoms with E-state index in [1.54, 1.807) is 0 Å². The maximum atomic E-state index is 12.3. The zero-order chi connectivity index (χ0) is 15.6. The average Bonchev–Trinajstić information content (AvgIpc) is 2.97. The minimum absolute atomic E-state index is 0.115. The summed E-state index contributed by atoms with van der Waals surface area (Å²) in [5.41, 5.74) is 1.07. The molecule has 2 aromatic rings. The number of hydrogen-bond acceptors (Lipinski definition) is 4. The highest BCUT2D eigenvalue weighted by atomic mass is 32.2. The zero-order valence-corrected chi connectivity index (χ0v) is 14.2. The summed E-state index contributed by atoms with van der Waals surface area (Å²) in [6.45, 7) is 1.96. The molecule has 3 nitrogen and oxygen atoms in total. The van der Waals surface area contributed by atoms with Crippen LogP contribution in [0.5, 0.6) is 0 Å². The molecule has 2 aliphatic rings. The number of carbonyl (C=O) groups excluding carboxylic acids is 1. The topological polar surface area (TPSA) is 32.7 Å². The molecular weight excluding hydrogens is 324 g/mol. The van der Waals surface area contributed by atoms with E-state index >= 15 is 0 Å². The van der Waals surface area contributed by atoms with Gasteiger partial charge in [0.2, 0.25) is 0 Å². The highest BCUT2D eigenvalue weighted by molar-refractivity contribution is 8.18. The fourth-order valence-electron chi connectivity index (χ4n) is 2.81. The second-order valence-electron chi connectivity index (χ2n) is 5.48. The van der Waals surface area contributed by atoms with Crippen molar-refractivity contribution in [2.45, 2.75) is 0 Å². The third kappa shape index (κ3) is 3.03. The first kappa shape index (κ1) is 14.8. The minimum atomic E-state index is -0.115. The number of benzene rings is 2. The van der Waals surface area contributed by atoms with Crippen molar-refractivity contribution in [2.75, 3.05) is 24.6 Å². The second-order valence-corrected chi connectivity index (χ2v) is 7.71. The largest absolute Gasteiger partial charge is 0.349 e. The summed E-state index contributed by atoms with van der Waals surface area (Å²) >= 11 is 3.46. The van der Waals surface area contributed by atoms with Crippen LogP contribution in [-0.2, 0) is 4.79 Å². The smallest absolute Gasteiger partial charge is 0.286 e. The molecule has 5 heteroatoms. The van der Waals surface area contributed by atoms with Crippen LogP contribution in [0.3, 0.4) is 0 Å². The Morgan fingerprint density at radius 2 is 1.83 bits per heavy atom. The predicted octanol–water partition coefficient (Wildman–Crippen LogP) is 3.86. The first-order valence-corrected chi connectivity index (χ1v) is 9.61. The van der Waals surface area contributed by atoms with E-state index in [0.29, 0.717) is 0 Å². The summed E-state index contributed by atoms with van der Waals surface area (Å²) in [4.78, 5) is 19.5. The number of carbonyl (C=O) groups is 1. The van der Waals surface area contributed by atoms with Crippen LogP contribution in [0, 0.1) is 0 Å². The number of amides is 1. The van der Waals surface area contributed by atoms with Crippen molar-refractivity contribution in [2.24, 2.45) is 4.99 Å². The summed E-state index contributed by atoms with van der Waals surface area (Å²) in [6.07, 6.45) is 1.98. The molecule has 2 aromatic carbocycles. The number of aliphatic imine (C=N–C) groups is 1. The molecule has 2 aliphatic heterocycles. The molecular formula is C18H16N2OS2. The number of rotatable bonds is 1. The van der Waals surface area contributed by atoms with Gasteiger partial charge in [0, 0.05) is 24.6 Å². The van der Waals surface area contributed by atoms with Gasteiger partial charge in [-0.25, -0.2) is 0 Å². The maximum absolute atomic E-state index is 12.3. The summed E-state index contributed by atoms with van der Waals surface area (Å²) in [7, 11) is 0. The summed E-state index contributed by atoms with van der Waals surface area (Å²) in [5.74, 6) is 2.10. The lowest BCUT2D eigenvalue weighted by Crippen LogP contribution is -2.35. The van der Waals surface area contributed by atoms with Crippen molar-refractivity contribution in [1.82, 2.24) is 4.90 Å². The van der Waals surface area contributed by atoms with Gasteiger partial charge in [0.05, 0.1) is 4.91 Å². The molecule has 116 valence electrons. The third-order valence-corrected chi connectivity index (χ3v) is 5.99. The van der Waals surface area contributed by atoms with E-state index in [4.69, 9.17) is 0 Å². The van der Waals surface area contributed by atoms with E-state index in [2.05, 4.69) is 34.2 Å². The van der Waals surface area contributed by atoms with Crippen LogP contribution in [0.1, 0.15) is 5.56 Å². The van der Waals surface area contributed by atoms with Crippen molar-refractivity contribution < 1.29 is 4.79 Å². The van der Waals surface area contributed by atoms with Crippen molar-refractivity contribution in [3.05, 3.63) is 52.9 Å². The number of thioether (sulfide) groups is 2. The van der Waals surface area contributed by atoms with Crippen LogP contribution in [0.4, 0.5) is 0 Å². The Morgan fingerprint density at radius 3 is 2.70 bits per heavy atom. The Bertz CT molecular complexity index is 817. The van der Waals surface area contributed by atoms with E-state index in [9.17, 15) is 4.79 Å². The lowest BCUT2D eigenvalue weighted by atomic mass is 10.0. The molecule has 0 aliphatic carbocycles. The molecule has 2 heterocycles. The van der Waals surface area contributed by atoms with E-state index in [-0.39, 0.29) is 5.91 Å². The van der Waals surface area contributed by atoms with Gasteiger partial charge in [-0.05, 0) is 34.2 Å². The Balaban J connectivity index is 1.63. The number of nitrogens with zero attached hydrogens (tertiary/aromatic N) is 2. The molecule has 23 heavy (non-hydrogen) atoms. The van der Waals surface area contributed by atoms with Gasteiger partial charge < -0.3 is 4.90 Å². The first-order chi connectivity index (χ1) is 11.3. The molecule has 0 spiro atoms. The van der Waals surface area contributed by atoms with E-state index < -0.39 is 0 Å². The number of amidine groups is 1. The van der Waals surface area contributed by atoms with Gasteiger partial charge in [-0.3, -0.25) is 4.79 Å². The minimum Gasteiger partial charge on any atom is -0.349 e. The van der Waals surface area contributed by atoms with E-state index in [1.165, 1.54) is 22.5 Å². The predicted molar refractivity (Wildman–Crippen MR) is 101 cm³/mol. The Morgan fingerprint density at radius 1 is 1.04 bits per heavy atom. The monoisotopic (exact) mass is 340 g/mol. The lowest BCUT2D eigenvalue weighted by molar-refractivity contribution is -0.113. The van der Waals surface area contributed by atoms with Gasteiger partial charge in [-0.2, -0.15) is 16.8 Å². The molecule has 0 radical (unpaired) electrons. The van der Waals surface area contributed by atoms with Crippen LogP contribution in [-0.4, -0.2) is 40.6 Å². The molecule has 1 amide bonds. The molecule has 0 saturated carbocycles. The summed E-state index contributed by atoms with van der Waals surface area (Å²) < 4.78 is 0. The van der Waals surface area contributed by atoms with Crippen LogP contribution in [0.25, 0.3) is 16.8 Å². The zero-order valence-electron chi connectivity index (χ0n) is 12.6. The van der Waals surface area contributed by atoms with Gasteiger partial charge >= 0.3 is 0 Å². The molecule has 0 N–H and O–H groups in total. The highest BCUT2D eigenvalue weighted by Crippen LogP contribution is 2.32. The van der Waals surface area contributed by atoms with Crippen molar-refractivity contribution in [3.63, 3.8) is 0 Å². The van der Waals surface area contributed by atoms with Crippen molar-refractivity contribution in [1.29, 1.82) is 0 Å². The average molecular weight is 340 g/mol. The quantitative estimate of drug-likeness (QED) is 0.738. The normalized spacial score (nSPS) is 20.3. The van der Waals surface area contributed by atoms with Crippen LogP contribution >= 0.6 is 23.5 Å². The van der Waals surface area contributed by atoms with Crippen LogP contribution in [0.2, 0.25) is 0 Å². The molecule has 0 unspecified atom stereocenters. The van der Waals surface area contributed by atoms with Crippen molar-refractivity contribution in [3.8, 4) is 0 Å². The SMILES string of the molecule is O=C1N=C(N2CCSCC2)SC1=Cc1cccc2ccccc12. The standard InChI is InChI=1S/C18H16N2OS2/c21-17-16(23-18(19-17)20-8-10-22-11-9-20)12-14-6-3-5-13-4-1-2-7-15(13)14/h1-7,12H,8-11H2. The fraction of sp³-hybridized carbons (Fsp3) is 0.222. The van der Waals surface area contributed by atoms with Crippen LogP contribution in [0.15, 0.2) is 52.4 Å². The van der Waals surface area contributed by atoms with Gasteiger partial charge in [0.25, 0.3) is 5.91 Å². The molecule has 0 aromatic heterocycles. The second kappa shape index (κ2) is 6.42. The van der Waals surface area contributed by atoms with Gasteiger partial charge in [0.1, 0.15) is 0 Å². The Labute approximate surface area is 143 Å². The molecule has 1 fully saturated rings. The van der Waals surface area contributed by atoms with Crippen LogP contribution < -0.4 is 0 Å². The maximum Gasteiger partial charge on any atom is 0.286 e. The number of fused-ring (bicyclic) bond motifs is 1. The molecule has 0 bridgehead atoms. The molecule has 0 atom stereocenters. The Kier molecular flexibility index (Phi) is 4.14. The van der Waals surface area contributed by atoms with Gasteiger partial charge in [-0.1, -0.05) is 42.5 Å². The summed E-state index contributed by atoms with van der Waals surface area (Å²) in [6, 6.07) is 14.4. The summed E-state index contributed by atoms with van der Waals surface area (Å²) in [5, 5.41) is 3.21. The third-order valence-electron chi connectivity index (χ3n) is 4.00. The van der Waals surface area contributed by atoms with E-state index in [1.807, 2.05) is 36.0 Å². The first-order valence-electron chi connectivity index (χ1n) is 7.64. The lowest BCUT2D eigenvalue weighted by Gasteiger charge is -2.26. The number of hydrogen-bond donors (Lipinski definition) is 0. The van der Waals surface area contributed by atoms with Gasteiger partial charge in [0.15, 0.2) is 5.17 Å². The van der Waals surface area contributed by atoms with E-state index in [0.717, 1.165) is 40.2 Å². The molecule has 4 rings (SSSR count). The highest BCUT2D eigenvalue weighted by Gasteiger charge is 2.27.